The Labute approximate surface area is 194 Å². The van der Waals surface area contributed by atoms with Crippen LogP contribution in [0.3, 0.4) is 0 Å². The lowest BCUT2D eigenvalue weighted by Gasteiger charge is -2.20. The number of imidazole rings is 1. The van der Waals surface area contributed by atoms with Crippen LogP contribution in [0.4, 0.5) is 5.13 Å². The Bertz CT molecular complexity index is 1110. The first kappa shape index (κ1) is 22.6. The van der Waals surface area contributed by atoms with Crippen molar-refractivity contribution in [3.8, 4) is 0 Å². The molecule has 0 bridgehead atoms. The second-order valence-electron chi connectivity index (χ2n) is 6.59. The molecule has 1 amide bonds. The Morgan fingerprint density at radius 2 is 1.93 bits per heavy atom. The van der Waals surface area contributed by atoms with E-state index < -0.39 is 0 Å². The van der Waals surface area contributed by atoms with Crippen LogP contribution in [-0.4, -0.2) is 27.0 Å². The smallest absolute Gasteiger partial charge is 0.233 e. The number of hydrogen-bond donors (Lipinski definition) is 0. The van der Waals surface area contributed by atoms with Gasteiger partial charge in [0.2, 0.25) is 5.91 Å². The summed E-state index contributed by atoms with van der Waals surface area (Å²) in [7, 11) is 0. The number of halogens is 3. The summed E-state index contributed by atoms with van der Waals surface area (Å²) in [5, 5.41) is 1.91. The number of aryl methyl sites for hydroxylation is 1. The molecule has 0 N–H and O–H groups in total. The average Bonchev–Trinajstić information content (AvgIpc) is 3.37. The molecule has 0 unspecified atom stereocenters. The zero-order chi connectivity index (χ0) is 20.2. The maximum atomic E-state index is 13.2. The predicted molar refractivity (Wildman–Crippen MR) is 126 cm³/mol. The molecule has 0 aliphatic heterocycles. The largest absolute Gasteiger partial charge is 0.337 e. The van der Waals surface area contributed by atoms with Crippen molar-refractivity contribution in [2.75, 3.05) is 11.4 Å². The lowest BCUT2D eigenvalue weighted by molar-refractivity contribution is -0.118. The van der Waals surface area contributed by atoms with Gasteiger partial charge in [-0.05, 0) is 36.2 Å². The summed E-state index contributed by atoms with van der Waals surface area (Å²) in [4.78, 5) is 23.6. The first-order valence-electron chi connectivity index (χ1n) is 9.16. The van der Waals surface area contributed by atoms with Gasteiger partial charge in [0, 0.05) is 30.5 Å². The number of aromatic nitrogens is 3. The summed E-state index contributed by atoms with van der Waals surface area (Å²) in [5.74, 6) is -0.00636. The van der Waals surface area contributed by atoms with E-state index in [-0.39, 0.29) is 24.7 Å². The molecule has 0 radical (unpaired) electrons. The fourth-order valence-electron chi connectivity index (χ4n) is 3.05. The zero-order valence-electron chi connectivity index (χ0n) is 15.9. The molecule has 2 aromatic heterocycles. The lowest BCUT2D eigenvalue weighted by atomic mass is 10.1. The Morgan fingerprint density at radius 3 is 2.63 bits per heavy atom. The molecule has 4 aromatic rings. The van der Waals surface area contributed by atoms with E-state index in [0.29, 0.717) is 21.7 Å². The molecule has 2 aromatic carbocycles. The SMILES string of the molecule is Cl.O=C(Cc1ccc(Cl)cc1)N(CCCn1ccnc1)c1nc2c(Cl)cccc2s1. The molecule has 0 saturated carbocycles. The van der Waals surface area contributed by atoms with Gasteiger partial charge < -0.3 is 4.57 Å². The zero-order valence-corrected chi connectivity index (χ0v) is 19.0. The number of rotatable bonds is 7. The minimum atomic E-state index is -0.00636. The summed E-state index contributed by atoms with van der Waals surface area (Å²) in [5.41, 5.74) is 1.64. The quantitative estimate of drug-likeness (QED) is 0.331. The van der Waals surface area contributed by atoms with E-state index >= 15 is 0 Å². The molecule has 9 heteroatoms. The van der Waals surface area contributed by atoms with Gasteiger partial charge >= 0.3 is 0 Å². The van der Waals surface area contributed by atoms with Crippen LogP contribution in [-0.2, 0) is 17.8 Å². The number of anilines is 1. The Balaban J connectivity index is 0.00000256. The van der Waals surface area contributed by atoms with Crippen LogP contribution in [0.15, 0.2) is 61.2 Å². The maximum absolute atomic E-state index is 13.2. The Hall–Kier alpha value is -2.12. The van der Waals surface area contributed by atoms with Gasteiger partial charge in [0.25, 0.3) is 0 Å². The predicted octanol–water partition coefficient (Wildman–Crippen LogP) is 5.89. The van der Waals surface area contributed by atoms with Crippen LogP contribution in [0.25, 0.3) is 10.2 Å². The number of thiazole rings is 1. The summed E-state index contributed by atoms with van der Waals surface area (Å²) in [6.07, 6.45) is 6.51. The number of para-hydroxylation sites is 1. The van der Waals surface area contributed by atoms with E-state index in [9.17, 15) is 4.79 Å². The minimum Gasteiger partial charge on any atom is -0.337 e. The fraction of sp³-hybridized carbons (Fsp3) is 0.190. The molecular weight excluding hydrogens is 463 g/mol. The van der Waals surface area contributed by atoms with Crippen molar-refractivity contribution >= 4 is 68.2 Å². The van der Waals surface area contributed by atoms with E-state index in [0.717, 1.165) is 28.7 Å². The second-order valence-corrected chi connectivity index (χ2v) is 8.44. The summed E-state index contributed by atoms with van der Waals surface area (Å²) >= 11 is 13.7. The Morgan fingerprint density at radius 1 is 1.13 bits per heavy atom. The number of fused-ring (bicyclic) bond motifs is 1. The molecule has 0 spiro atoms. The van der Waals surface area contributed by atoms with Crippen LogP contribution in [0, 0.1) is 0 Å². The van der Waals surface area contributed by atoms with Crippen molar-refractivity contribution in [3.05, 3.63) is 76.8 Å². The topological polar surface area (TPSA) is 51.0 Å². The number of benzene rings is 2. The molecule has 4 rings (SSSR count). The molecule has 0 fully saturated rings. The van der Waals surface area contributed by atoms with Gasteiger partial charge in [-0.15, -0.1) is 12.4 Å². The molecule has 5 nitrogen and oxygen atoms in total. The van der Waals surface area contributed by atoms with E-state index in [1.54, 1.807) is 29.6 Å². The third-order valence-corrected chi connectivity index (χ3v) is 6.12. The summed E-state index contributed by atoms with van der Waals surface area (Å²) in [6.45, 7) is 1.33. The highest BCUT2D eigenvalue weighted by Crippen LogP contribution is 2.33. The molecule has 0 saturated heterocycles. The van der Waals surface area contributed by atoms with Gasteiger partial charge in [-0.25, -0.2) is 9.97 Å². The van der Waals surface area contributed by atoms with Crippen molar-refractivity contribution < 1.29 is 4.79 Å². The number of carbonyl (C=O) groups is 1. The standard InChI is InChI=1S/C21H18Cl2N4OS.ClH/c22-16-7-5-15(6-8-16)13-19(28)27(11-2-10-26-12-9-24-14-26)21-25-20-17(23)3-1-4-18(20)29-21;/h1,3-9,12,14H,2,10-11,13H2;1H. The highest BCUT2D eigenvalue weighted by Gasteiger charge is 2.20. The number of hydrogen-bond acceptors (Lipinski definition) is 4. The van der Waals surface area contributed by atoms with Crippen molar-refractivity contribution in [2.45, 2.75) is 19.4 Å². The average molecular weight is 482 g/mol. The number of nitrogens with zero attached hydrogens (tertiary/aromatic N) is 4. The van der Waals surface area contributed by atoms with Gasteiger partial charge in [-0.1, -0.05) is 52.7 Å². The van der Waals surface area contributed by atoms with Gasteiger partial charge in [-0.2, -0.15) is 0 Å². The van der Waals surface area contributed by atoms with Crippen molar-refractivity contribution in [2.24, 2.45) is 0 Å². The van der Waals surface area contributed by atoms with Crippen LogP contribution in [0.1, 0.15) is 12.0 Å². The number of amides is 1. The van der Waals surface area contributed by atoms with Crippen molar-refractivity contribution in [1.29, 1.82) is 0 Å². The fourth-order valence-corrected chi connectivity index (χ4v) is 4.48. The monoisotopic (exact) mass is 480 g/mol. The van der Waals surface area contributed by atoms with Crippen molar-refractivity contribution in [1.82, 2.24) is 14.5 Å². The van der Waals surface area contributed by atoms with E-state index in [2.05, 4.69) is 9.97 Å². The third kappa shape index (κ3) is 5.32. The first-order valence-corrected chi connectivity index (χ1v) is 10.7. The minimum absolute atomic E-state index is 0. The van der Waals surface area contributed by atoms with E-state index in [1.165, 1.54) is 11.3 Å². The van der Waals surface area contributed by atoms with Crippen LogP contribution in [0.2, 0.25) is 10.0 Å². The summed E-state index contributed by atoms with van der Waals surface area (Å²) in [6, 6.07) is 13.0. The van der Waals surface area contributed by atoms with E-state index in [1.807, 2.05) is 41.1 Å². The van der Waals surface area contributed by atoms with Gasteiger partial charge in [0.15, 0.2) is 5.13 Å². The molecule has 30 heavy (non-hydrogen) atoms. The number of carbonyl (C=O) groups excluding carboxylic acids is 1. The molecule has 0 aliphatic carbocycles. The van der Waals surface area contributed by atoms with Crippen molar-refractivity contribution in [3.63, 3.8) is 0 Å². The van der Waals surface area contributed by atoms with Gasteiger partial charge in [-0.3, -0.25) is 9.69 Å². The van der Waals surface area contributed by atoms with Crippen LogP contribution >= 0.6 is 46.9 Å². The van der Waals surface area contributed by atoms with Gasteiger partial charge in [0.05, 0.1) is 22.5 Å². The normalized spacial score (nSPS) is 10.7. The molecule has 2 heterocycles. The highest BCUT2D eigenvalue weighted by molar-refractivity contribution is 7.22. The molecular formula is C21H19Cl3N4OS. The first-order chi connectivity index (χ1) is 14.1. The highest BCUT2D eigenvalue weighted by atomic mass is 35.5. The van der Waals surface area contributed by atoms with Gasteiger partial charge in [0.1, 0.15) is 5.52 Å². The molecule has 0 aliphatic rings. The maximum Gasteiger partial charge on any atom is 0.233 e. The molecule has 0 atom stereocenters. The van der Waals surface area contributed by atoms with Crippen LogP contribution in [0.5, 0.6) is 0 Å². The lowest BCUT2D eigenvalue weighted by Crippen LogP contribution is -2.33. The van der Waals surface area contributed by atoms with Crippen LogP contribution < -0.4 is 4.90 Å². The third-order valence-electron chi connectivity index (χ3n) is 4.52. The second kappa shape index (κ2) is 10.3. The summed E-state index contributed by atoms with van der Waals surface area (Å²) < 4.78 is 2.96. The van der Waals surface area contributed by atoms with E-state index in [4.69, 9.17) is 23.2 Å². The molecule has 156 valence electrons. The Kier molecular flexibility index (Phi) is 7.72.